The van der Waals surface area contributed by atoms with E-state index in [-0.39, 0.29) is 18.4 Å². The Hall–Kier alpha value is -0.130. The van der Waals surface area contributed by atoms with Crippen molar-refractivity contribution < 1.29 is 13.5 Å². The van der Waals surface area contributed by atoms with Gasteiger partial charge >= 0.3 is 0 Å². The van der Waals surface area contributed by atoms with Crippen LogP contribution in [-0.2, 0) is 10.0 Å². The van der Waals surface area contributed by atoms with Crippen LogP contribution in [-0.4, -0.2) is 43.3 Å². The van der Waals surface area contributed by atoms with Crippen LogP contribution in [0.4, 0.5) is 0 Å². The highest BCUT2D eigenvalue weighted by molar-refractivity contribution is 7.89. The van der Waals surface area contributed by atoms with E-state index in [1.54, 1.807) is 11.4 Å². The summed E-state index contributed by atoms with van der Waals surface area (Å²) in [5.74, 6) is 0.832. The van der Waals surface area contributed by atoms with Gasteiger partial charge < -0.3 is 5.11 Å². The number of hydrogen-bond acceptors (Lipinski definition) is 3. The molecular weight excluding hydrogens is 238 g/mol. The first-order chi connectivity index (χ1) is 8.01. The van der Waals surface area contributed by atoms with Crippen molar-refractivity contribution in [2.75, 3.05) is 19.4 Å². The highest BCUT2D eigenvalue weighted by Crippen LogP contribution is 2.30. The number of rotatable bonds is 6. The zero-order valence-electron chi connectivity index (χ0n) is 10.9. The molecule has 1 aliphatic carbocycles. The molecule has 1 aliphatic rings. The van der Waals surface area contributed by atoms with Gasteiger partial charge in [-0.2, -0.15) is 0 Å². The summed E-state index contributed by atoms with van der Waals surface area (Å²) in [6, 6.07) is 0.168. The van der Waals surface area contributed by atoms with E-state index >= 15 is 0 Å². The smallest absolute Gasteiger partial charge is 0.214 e. The molecule has 0 aromatic rings. The van der Waals surface area contributed by atoms with Crippen molar-refractivity contribution in [1.29, 1.82) is 0 Å². The lowest BCUT2D eigenvalue weighted by Crippen LogP contribution is -2.40. The molecule has 0 radical (unpaired) electrons. The lowest BCUT2D eigenvalue weighted by Gasteiger charge is -2.33. The van der Waals surface area contributed by atoms with Crippen LogP contribution in [0, 0.1) is 5.92 Å². The first-order valence-corrected chi connectivity index (χ1v) is 8.18. The largest absolute Gasteiger partial charge is 0.396 e. The second-order valence-corrected chi connectivity index (χ2v) is 7.17. The molecule has 1 rings (SSSR count). The second kappa shape index (κ2) is 6.71. The van der Waals surface area contributed by atoms with Crippen molar-refractivity contribution in [2.24, 2.45) is 5.92 Å². The summed E-state index contributed by atoms with van der Waals surface area (Å²) < 4.78 is 25.4. The van der Waals surface area contributed by atoms with E-state index < -0.39 is 10.0 Å². The minimum absolute atomic E-state index is 0.168. The van der Waals surface area contributed by atoms with Gasteiger partial charge in [-0.05, 0) is 44.4 Å². The Balaban J connectivity index is 2.48. The van der Waals surface area contributed by atoms with Crippen LogP contribution in [0.1, 0.15) is 45.4 Å². The van der Waals surface area contributed by atoms with Gasteiger partial charge in [0.05, 0.1) is 5.75 Å². The quantitative estimate of drug-likeness (QED) is 0.792. The number of hydrogen-bond donors (Lipinski definition) is 1. The fraction of sp³-hybridized carbons (Fsp3) is 1.00. The molecule has 1 N–H and O–H groups in total. The Labute approximate surface area is 105 Å². The van der Waals surface area contributed by atoms with E-state index in [9.17, 15) is 8.42 Å². The Morgan fingerprint density at radius 1 is 1.24 bits per heavy atom. The number of aliphatic hydroxyl groups is 1. The third-order valence-corrected chi connectivity index (χ3v) is 5.87. The molecule has 5 heteroatoms. The topological polar surface area (TPSA) is 57.6 Å². The summed E-state index contributed by atoms with van der Waals surface area (Å²) in [6.45, 7) is 2.14. The fourth-order valence-corrected chi connectivity index (χ4v) is 4.08. The summed E-state index contributed by atoms with van der Waals surface area (Å²) in [5.41, 5.74) is 0. The predicted molar refractivity (Wildman–Crippen MR) is 69.3 cm³/mol. The van der Waals surface area contributed by atoms with Crippen molar-refractivity contribution in [3.05, 3.63) is 0 Å². The lowest BCUT2D eigenvalue weighted by atomic mass is 9.84. The van der Waals surface area contributed by atoms with Gasteiger partial charge in [-0.25, -0.2) is 12.7 Å². The molecule has 17 heavy (non-hydrogen) atoms. The van der Waals surface area contributed by atoms with E-state index in [0.29, 0.717) is 12.3 Å². The SMILES string of the molecule is CCCS(=O)(=O)N(C)C1CCC(CCO)CC1. The third-order valence-electron chi connectivity index (χ3n) is 3.77. The second-order valence-electron chi connectivity index (χ2n) is 5.02. The van der Waals surface area contributed by atoms with Crippen LogP contribution >= 0.6 is 0 Å². The van der Waals surface area contributed by atoms with Gasteiger partial charge in [-0.1, -0.05) is 6.92 Å². The van der Waals surface area contributed by atoms with E-state index in [2.05, 4.69) is 0 Å². The predicted octanol–water partition coefficient (Wildman–Crippen LogP) is 1.60. The van der Waals surface area contributed by atoms with Crippen LogP contribution < -0.4 is 0 Å². The van der Waals surface area contributed by atoms with Gasteiger partial charge in [0.1, 0.15) is 0 Å². The highest BCUT2D eigenvalue weighted by Gasteiger charge is 2.29. The summed E-state index contributed by atoms with van der Waals surface area (Å²) in [7, 11) is -1.35. The van der Waals surface area contributed by atoms with Crippen LogP contribution in [0.25, 0.3) is 0 Å². The first-order valence-electron chi connectivity index (χ1n) is 6.57. The maximum Gasteiger partial charge on any atom is 0.214 e. The molecule has 0 aromatic carbocycles. The molecule has 0 spiro atoms. The van der Waals surface area contributed by atoms with E-state index in [4.69, 9.17) is 5.11 Å². The van der Waals surface area contributed by atoms with E-state index in [0.717, 1.165) is 32.1 Å². The van der Waals surface area contributed by atoms with Crippen LogP contribution in [0.3, 0.4) is 0 Å². The van der Waals surface area contributed by atoms with Gasteiger partial charge in [-0.3, -0.25) is 0 Å². The van der Waals surface area contributed by atoms with Crippen molar-refractivity contribution in [1.82, 2.24) is 4.31 Å². The fourth-order valence-electron chi connectivity index (χ4n) is 2.61. The van der Waals surface area contributed by atoms with Crippen molar-refractivity contribution >= 4 is 10.0 Å². The molecule has 1 saturated carbocycles. The van der Waals surface area contributed by atoms with Crippen LogP contribution in [0.15, 0.2) is 0 Å². The van der Waals surface area contributed by atoms with Crippen molar-refractivity contribution in [3.63, 3.8) is 0 Å². The lowest BCUT2D eigenvalue weighted by molar-refractivity contribution is 0.193. The van der Waals surface area contributed by atoms with Gasteiger partial charge in [0.15, 0.2) is 0 Å². The van der Waals surface area contributed by atoms with Gasteiger partial charge in [0.2, 0.25) is 10.0 Å². The minimum Gasteiger partial charge on any atom is -0.396 e. The normalized spacial score (nSPS) is 26.4. The Kier molecular flexibility index (Phi) is 5.89. The Morgan fingerprint density at radius 2 is 1.82 bits per heavy atom. The van der Waals surface area contributed by atoms with Crippen molar-refractivity contribution in [2.45, 2.75) is 51.5 Å². The number of nitrogens with zero attached hydrogens (tertiary/aromatic N) is 1. The molecule has 0 saturated heterocycles. The average molecular weight is 263 g/mol. The summed E-state index contributed by atoms with van der Waals surface area (Å²) >= 11 is 0. The molecule has 0 aromatic heterocycles. The zero-order chi connectivity index (χ0) is 12.9. The van der Waals surface area contributed by atoms with Crippen LogP contribution in [0.5, 0.6) is 0 Å². The maximum absolute atomic E-state index is 11.9. The number of sulfonamides is 1. The highest BCUT2D eigenvalue weighted by atomic mass is 32.2. The monoisotopic (exact) mass is 263 g/mol. The van der Waals surface area contributed by atoms with E-state index in [1.165, 1.54) is 0 Å². The average Bonchev–Trinajstić information content (AvgIpc) is 2.29. The molecule has 0 unspecified atom stereocenters. The van der Waals surface area contributed by atoms with Gasteiger partial charge in [-0.15, -0.1) is 0 Å². The molecule has 0 amide bonds. The molecule has 1 fully saturated rings. The summed E-state index contributed by atoms with van der Waals surface area (Å²) in [6.07, 6.45) is 5.48. The summed E-state index contributed by atoms with van der Waals surface area (Å²) in [4.78, 5) is 0. The molecule has 102 valence electrons. The standard InChI is InChI=1S/C12H25NO3S/c1-3-10-17(15,16)13(2)12-6-4-11(5-7-12)8-9-14/h11-12,14H,3-10H2,1-2H3. The summed E-state index contributed by atoms with van der Waals surface area (Å²) in [5, 5.41) is 8.89. The van der Waals surface area contributed by atoms with E-state index in [1.807, 2.05) is 6.92 Å². The molecule has 4 nitrogen and oxygen atoms in total. The molecule has 0 bridgehead atoms. The first kappa shape index (κ1) is 14.9. The van der Waals surface area contributed by atoms with Crippen molar-refractivity contribution in [3.8, 4) is 0 Å². The molecule has 0 aliphatic heterocycles. The number of aliphatic hydroxyl groups excluding tert-OH is 1. The molecule has 0 atom stereocenters. The zero-order valence-corrected chi connectivity index (χ0v) is 11.7. The van der Waals surface area contributed by atoms with Gasteiger partial charge in [0.25, 0.3) is 0 Å². The van der Waals surface area contributed by atoms with Crippen LogP contribution in [0.2, 0.25) is 0 Å². The third kappa shape index (κ3) is 4.23. The Morgan fingerprint density at radius 3 is 2.29 bits per heavy atom. The van der Waals surface area contributed by atoms with Gasteiger partial charge in [0, 0.05) is 19.7 Å². The minimum atomic E-state index is -3.06. The molecule has 0 heterocycles. The molecular formula is C12H25NO3S. The maximum atomic E-state index is 11.9. The Bertz CT molecular complexity index is 308.